The minimum Gasteiger partial charge on any atom is -0.379 e. The number of thiol groups is 1. The van der Waals surface area contributed by atoms with Crippen LogP contribution in [0.1, 0.15) is 57.8 Å². The van der Waals surface area contributed by atoms with Crippen molar-refractivity contribution in [1.82, 2.24) is 0 Å². The molecule has 0 unspecified atom stereocenters. The summed E-state index contributed by atoms with van der Waals surface area (Å²) >= 11 is 4.23. The third kappa shape index (κ3) is 20.2. The summed E-state index contributed by atoms with van der Waals surface area (Å²) in [6.45, 7) is 4.60. The standard InChI is InChI=1S/C17H37NO3S/c18-10-12-20-14-16-21-15-13-19-11-8-6-4-2-1-3-5-7-9-17-22/h22H,1-18H2. The molecule has 5 heteroatoms. The van der Waals surface area contributed by atoms with Crippen molar-refractivity contribution in [3.8, 4) is 0 Å². The zero-order chi connectivity index (χ0) is 16.1. The van der Waals surface area contributed by atoms with Crippen molar-refractivity contribution in [3.05, 3.63) is 0 Å². The van der Waals surface area contributed by atoms with E-state index in [0.29, 0.717) is 39.6 Å². The Bertz CT molecular complexity index is 177. The van der Waals surface area contributed by atoms with Crippen LogP contribution in [0.25, 0.3) is 0 Å². The van der Waals surface area contributed by atoms with E-state index in [4.69, 9.17) is 19.9 Å². The Kier molecular flexibility index (Phi) is 21.4. The molecule has 22 heavy (non-hydrogen) atoms. The predicted molar refractivity (Wildman–Crippen MR) is 96.9 cm³/mol. The number of unbranched alkanes of at least 4 members (excludes halogenated alkanes) is 8. The maximum atomic E-state index is 5.54. The Labute approximate surface area is 142 Å². The number of rotatable bonds is 19. The zero-order valence-electron chi connectivity index (χ0n) is 14.3. The molecular weight excluding hydrogens is 298 g/mol. The van der Waals surface area contributed by atoms with Crippen LogP contribution in [0.15, 0.2) is 0 Å². The highest BCUT2D eigenvalue weighted by atomic mass is 32.1. The largest absolute Gasteiger partial charge is 0.379 e. The van der Waals surface area contributed by atoms with Gasteiger partial charge >= 0.3 is 0 Å². The highest BCUT2D eigenvalue weighted by Gasteiger charge is 1.94. The van der Waals surface area contributed by atoms with Gasteiger partial charge < -0.3 is 19.9 Å². The van der Waals surface area contributed by atoms with Gasteiger partial charge in [0.15, 0.2) is 0 Å². The Balaban J connectivity index is 2.91. The quantitative estimate of drug-likeness (QED) is 0.280. The summed E-state index contributed by atoms with van der Waals surface area (Å²) in [6, 6.07) is 0. The average Bonchev–Trinajstić information content (AvgIpc) is 2.54. The van der Waals surface area contributed by atoms with E-state index < -0.39 is 0 Å². The maximum absolute atomic E-state index is 5.54. The zero-order valence-corrected chi connectivity index (χ0v) is 15.2. The summed E-state index contributed by atoms with van der Waals surface area (Å²) in [5, 5.41) is 0. The molecule has 4 nitrogen and oxygen atoms in total. The molecule has 0 aliphatic heterocycles. The molecule has 0 spiro atoms. The van der Waals surface area contributed by atoms with Crippen LogP contribution in [0.2, 0.25) is 0 Å². The van der Waals surface area contributed by atoms with Gasteiger partial charge in [0.05, 0.1) is 33.0 Å². The number of hydrogen-bond donors (Lipinski definition) is 2. The van der Waals surface area contributed by atoms with Gasteiger partial charge in [0.25, 0.3) is 0 Å². The lowest BCUT2D eigenvalue weighted by Gasteiger charge is -2.06. The van der Waals surface area contributed by atoms with Crippen LogP contribution < -0.4 is 5.73 Å². The number of nitrogens with two attached hydrogens (primary N) is 1. The van der Waals surface area contributed by atoms with Crippen molar-refractivity contribution >= 4 is 12.6 Å². The molecule has 0 aliphatic carbocycles. The molecule has 134 valence electrons. The molecule has 0 atom stereocenters. The summed E-state index contributed by atoms with van der Waals surface area (Å²) < 4.78 is 16.1. The van der Waals surface area contributed by atoms with Gasteiger partial charge in [0.2, 0.25) is 0 Å². The summed E-state index contributed by atoms with van der Waals surface area (Å²) in [5.74, 6) is 1.03. The summed E-state index contributed by atoms with van der Waals surface area (Å²) in [4.78, 5) is 0. The van der Waals surface area contributed by atoms with Crippen LogP contribution in [-0.2, 0) is 14.2 Å². The third-order valence-corrected chi connectivity index (χ3v) is 3.77. The van der Waals surface area contributed by atoms with Gasteiger partial charge in [0, 0.05) is 13.2 Å². The molecule has 0 aliphatic rings. The van der Waals surface area contributed by atoms with Gasteiger partial charge in [-0.3, -0.25) is 0 Å². The fourth-order valence-electron chi connectivity index (χ4n) is 2.18. The first-order valence-electron chi connectivity index (χ1n) is 8.96. The van der Waals surface area contributed by atoms with E-state index in [1.807, 2.05) is 0 Å². The number of hydrogen-bond acceptors (Lipinski definition) is 5. The van der Waals surface area contributed by atoms with E-state index >= 15 is 0 Å². The highest BCUT2D eigenvalue weighted by molar-refractivity contribution is 7.80. The van der Waals surface area contributed by atoms with Crippen molar-refractivity contribution in [2.24, 2.45) is 5.73 Å². The van der Waals surface area contributed by atoms with Gasteiger partial charge in [-0.25, -0.2) is 0 Å². The molecule has 2 N–H and O–H groups in total. The van der Waals surface area contributed by atoms with Gasteiger partial charge in [0.1, 0.15) is 0 Å². The molecule has 0 heterocycles. The van der Waals surface area contributed by atoms with Crippen LogP contribution in [0.4, 0.5) is 0 Å². The van der Waals surface area contributed by atoms with Crippen molar-refractivity contribution < 1.29 is 14.2 Å². The third-order valence-electron chi connectivity index (χ3n) is 3.45. The Hall–Kier alpha value is 0.190. The second-order valence-electron chi connectivity index (χ2n) is 5.53. The lowest BCUT2D eigenvalue weighted by atomic mass is 10.1. The first-order chi connectivity index (χ1) is 10.9. The van der Waals surface area contributed by atoms with Gasteiger partial charge in [-0.2, -0.15) is 12.6 Å². The van der Waals surface area contributed by atoms with E-state index in [0.717, 1.165) is 12.4 Å². The second kappa shape index (κ2) is 21.2. The fourth-order valence-corrected chi connectivity index (χ4v) is 2.40. The maximum Gasteiger partial charge on any atom is 0.0701 e. The van der Waals surface area contributed by atoms with Crippen molar-refractivity contribution in [2.45, 2.75) is 57.8 Å². The van der Waals surface area contributed by atoms with E-state index in [-0.39, 0.29) is 0 Å². The summed E-state index contributed by atoms with van der Waals surface area (Å²) in [6.07, 6.45) is 11.9. The first-order valence-corrected chi connectivity index (χ1v) is 9.59. The minimum absolute atomic E-state index is 0.569. The molecule has 0 aromatic rings. The highest BCUT2D eigenvalue weighted by Crippen LogP contribution is 2.09. The smallest absolute Gasteiger partial charge is 0.0701 e. The van der Waals surface area contributed by atoms with Crippen LogP contribution in [0.5, 0.6) is 0 Å². The molecule has 0 amide bonds. The van der Waals surface area contributed by atoms with E-state index in [2.05, 4.69) is 12.6 Å². The van der Waals surface area contributed by atoms with Crippen molar-refractivity contribution in [1.29, 1.82) is 0 Å². The fraction of sp³-hybridized carbons (Fsp3) is 1.00. The Morgan fingerprint density at radius 3 is 1.41 bits per heavy atom. The monoisotopic (exact) mass is 335 g/mol. The Morgan fingerprint density at radius 2 is 0.909 bits per heavy atom. The van der Waals surface area contributed by atoms with Crippen molar-refractivity contribution in [3.63, 3.8) is 0 Å². The van der Waals surface area contributed by atoms with Crippen LogP contribution in [0, 0.1) is 0 Å². The SMILES string of the molecule is NCCOCCOCCOCCCCCCCCCCCS. The Morgan fingerprint density at radius 1 is 0.500 bits per heavy atom. The first kappa shape index (κ1) is 22.2. The van der Waals surface area contributed by atoms with Crippen LogP contribution in [0.3, 0.4) is 0 Å². The van der Waals surface area contributed by atoms with Crippen LogP contribution >= 0.6 is 12.6 Å². The molecule has 0 fully saturated rings. The predicted octanol–water partition coefficient (Wildman–Crippen LogP) is 3.44. The van der Waals surface area contributed by atoms with Crippen LogP contribution in [-0.4, -0.2) is 51.9 Å². The molecule has 0 aromatic carbocycles. The molecule has 0 saturated heterocycles. The molecule has 0 aromatic heterocycles. The average molecular weight is 336 g/mol. The van der Waals surface area contributed by atoms with Crippen molar-refractivity contribution in [2.75, 3.05) is 51.9 Å². The van der Waals surface area contributed by atoms with E-state index in [1.165, 1.54) is 57.8 Å². The number of ether oxygens (including phenoxy) is 3. The van der Waals surface area contributed by atoms with E-state index in [1.54, 1.807) is 0 Å². The minimum atomic E-state index is 0.569. The van der Waals surface area contributed by atoms with Gasteiger partial charge in [-0.1, -0.05) is 44.9 Å². The van der Waals surface area contributed by atoms with Gasteiger partial charge in [-0.15, -0.1) is 0 Å². The normalized spacial score (nSPS) is 11.2. The summed E-state index contributed by atoms with van der Waals surface area (Å²) in [5.41, 5.74) is 5.31. The molecular formula is C17H37NO3S. The lowest BCUT2D eigenvalue weighted by Crippen LogP contribution is -2.13. The lowest BCUT2D eigenvalue weighted by molar-refractivity contribution is 0.0153. The topological polar surface area (TPSA) is 53.7 Å². The second-order valence-corrected chi connectivity index (χ2v) is 5.98. The molecule has 0 saturated carbocycles. The van der Waals surface area contributed by atoms with Gasteiger partial charge in [-0.05, 0) is 18.6 Å². The molecule has 0 rings (SSSR count). The molecule has 0 radical (unpaired) electrons. The van der Waals surface area contributed by atoms with E-state index in [9.17, 15) is 0 Å². The summed E-state index contributed by atoms with van der Waals surface area (Å²) in [7, 11) is 0. The molecule has 0 bridgehead atoms.